The molecule has 1 atom stereocenters. The van der Waals surface area contributed by atoms with Gasteiger partial charge in [0.05, 0.1) is 6.61 Å². The van der Waals surface area contributed by atoms with Crippen molar-refractivity contribution >= 4 is 5.97 Å². The van der Waals surface area contributed by atoms with E-state index in [4.69, 9.17) is 9.84 Å². The largest absolute Gasteiger partial charge is 0.478 e. The molecular formula is C10H17NO3. The Kier molecular flexibility index (Phi) is 4.62. The fourth-order valence-corrected chi connectivity index (χ4v) is 1.75. The van der Waals surface area contributed by atoms with E-state index in [1.807, 2.05) is 0 Å². The van der Waals surface area contributed by atoms with Crippen LogP contribution in [0.1, 0.15) is 12.8 Å². The third-order valence-electron chi connectivity index (χ3n) is 2.46. The number of hydrogen-bond donors (Lipinski definition) is 1. The molecule has 1 aliphatic heterocycles. The average molecular weight is 199 g/mol. The van der Waals surface area contributed by atoms with Gasteiger partial charge in [0.25, 0.3) is 0 Å². The van der Waals surface area contributed by atoms with Crippen molar-refractivity contribution in [2.75, 3.05) is 26.8 Å². The van der Waals surface area contributed by atoms with Gasteiger partial charge in [-0.1, -0.05) is 6.08 Å². The van der Waals surface area contributed by atoms with Crippen molar-refractivity contribution in [3.63, 3.8) is 0 Å². The van der Waals surface area contributed by atoms with Crippen molar-refractivity contribution in [3.05, 3.63) is 12.2 Å². The average Bonchev–Trinajstić information content (AvgIpc) is 2.58. The van der Waals surface area contributed by atoms with Gasteiger partial charge in [-0.05, 0) is 19.4 Å². The molecule has 0 aromatic carbocycles. The quantitative estimate of drug-likeness (QED) is 0.663. The van der Waals surface area contributed by atoms with Crippen molar-refractivity contribution in [2.24, 2.45) is 0 Å². The SMILES string of the molecule is COCCN1CCC[C@@H]1/C=C/C(=O)O. The molecule has 1 heterocycles. The van der Waals surface area contributed by atoms with Gasteiger partial charge in [-0.2, -0.15) is 0 Å². The van der Waals surface area contributed by atoms with Crippen LogP contribution in [0, 0.1) is 0 Å². The minimum Gasteiger partial charge on any atom is -0.478 e. The van der Waals surface area contributed by atoms with Crippen LogP contribution < -0.4 is 0 Å². The van der Waals surface area contributed by atoms with E-state index in [2.05, 4.69) is 4.90 Å². The summed E-state index contributed by atoms with van der Waals surface area (Å²) in [5, 5.41) is 8.51. The molecule has 1 aliphatic rings. The van der Waals surface area contributed by atoms with Crippen molar-refractivity contribution in [2.45, 2.75) is 18.9 Å². The molecule has 14 heavy (non-hydrogen) atoms. The van der Waals surface area contributed by atoms with Gasteiger partial charge in [-0.15, -0.1) is 0 Å². The minimum absolute atomic E-state index is 0.279. The van der Waals surface area contributed by atoms with E-state index in [-0.39, 0.29) is 6.04 Å². The van der Waals surface area contributed by atoms with Crippen LogP contribution >= 0.6 is 0 Å². The smallest absolute Gasteiger partial charge is 0.328 e. The summed E-state index contributed by atoms with van der Waals surface area (Å²) in [7, 11) is 1.68. The van der Waals surface area contributed by atoms with E-state index in [1.54, 1.807) is 13.2 Å². The summed E-state index contributed by atoms with van der Waals surface area (Å²) in [6, 6.07) is 0.279. The monoisotopic (exact) mass is 199 g/mol. The number of nitrogens with zero attached hydrogens (tertiary/aromatic N) is 1. The first-order chi connectivity index (χ1) is 6.74. The van der Waals surface area contributed by atoms with Crippen molar-refractivity contribution < 1.29 is 14.6 Å². The highest BCUT2D eigenvalue weighted by Gasteiger charge is 2.21. The van der Waals surface area contributed by atoms with Crippen LogP contribution in [0.4, 0.5) is 0 Å². The minimum atomic E-state index is -0.872. The maximum Gasteiger partial charge on any atom is 0.328 e. The highest BCUT2D eigenvalue weighted by molar-refractivity contribution is 5.79. The molecular weight excluding hydrogens is 182 g/mol. The van der Waals surface area contributed by atoms with Gasteiger partial charge in [0.2, 0.25) is 0 Å². The second kappa shape index (κ2) is 5.78. The van der Waals surface area contributed by atoms with Crippen LogP contribution in [0.2, 0.25) is 0 Å². The Labute approximate surface area is 84.2 Å². The molecule has 0 aromatic rings. The number of ether oxygens (including phenoxy) is 1. The third-order valence-corrected chi connectivity index (χ3v) is 2.46. The number of carbonyl (C=O) groups is 1. The number of hydrogen-bond acceptors (Lipinski definition) is 3. The topological polar surface area (TPSA) is 49.8 Å². The van der Waals surface area contributed by atoms with Gasteiger partial charge in [0.15, 0.2) is 0 Å². The molecule has 0 spiro atoms. The summed E-state index contributed by atoms with van der Waals surface area (Å²) in [5.41, 5.74) is 0. The Morgan fingerprint density at radius 3 is 3.14 bits per heavy atom. The predicted molar refractivity (Wildman–Crippen MR) is 53.2 cm³/mol. The van der Waals surface area contributed by atoms with Crippen LogP contribution in [0.5, 0.6) is 0 Å². The molecule has 0 radical (unpaired) electrons. The normalized spacial score (nSPS) is 23.4. The Bertz CT molecular complexity index is 215. The standard InChI is InChI=1S/C10H17NO3/c1-14-8-7-11-6-2-3-9(11)4-5-10(12)13/h4-5,9H,2-3,6-8H2,1H3,(H,12,13)/b5-4+/t9-/m1/s1. The molecule has 0 unspecified atom stereocenters. The van der Waals surface area contributed by atoms with E-state index in [9.17, 15) is 4.79 Å². The summed E-state index contributed by atoms with van der Waals surface area (Å²) < 4.78 is 5.00. The second-order valence-corrected chi connectivity index (χ2v) is 3.44. The van der Waals surface area contributed by atoms with Gasteiger partial charge in [0.1, 0.15) is 0 Å². The zero-order chi connectivity index (χ0) is 10.4. The van der Waals surface area contributed by atoms with E-state index in [0.29, 0.717) is 6.61 Å². The predicted octanol–water partition coefficient (Wildman–Crippen LogP) is 0.738. The summed E-state index contributed by atoms with van der Waals surface area (Å²) in [6.45, 7) is 2.63. The summed E-state index contributed by atoms with van der Waals surface area (Å²) >= 11 is 0. The molecule has 1 saturated heterocycles. The number of carboxylic acids is 1. The van der Waals surface area contributed by atoms with Crippen molar-refractivity contribution in [1.82, 2.24) is 4.90 Å². The maximum atomic E-state index is 10.3. The zero-order valence-corrected chi connectivity index (χ0v) is 8.48. The third kappa shape index (κ3) is 3.47. The number of carboxylic acid groups (broad SMARTS) is 1. The molecule has 1 fully saturated rings. The Balaban J connectivity index is 2.38. The highest BCUT2D eigenvalue weighted by atomic mass is 16.5. The molecule has 80 valence electrons. The van der Waals surface area contributed by atoms with Crippen LogP contribution in [0.3, 0.4) is 0 Å². The lowest BCUT2D eigenvalue weighted by Gasteiger charge is -2.20. The van der Waals surface area contributed by atoms with Gasteiger partial charge in [0, 0.05) is 25.8 Å². The fraction of sp³-hybridized carbons (Fsp3) is 0.700. The van der Waals surface area contributed by atoms with Crippen LogP contribution in [-0.4, -0.2) is 48.8 Å². The molecule has 0 aromatic heterocycles. The molecule has 0 amide bonds. The first-order valence-electron chi connectivity index (χ1n) is 4.88. The molecule has 4 nitrogen and oxygen atoms in total. The van der Waals surface area contributed by atoms with Crippen LogP contribution in [0.15, 0.2) is 12.2 Å². The van der Waals surface area contributed by atoms with Crippen LogP contribution in [-0.2, 0) is 9.53 Å². The Morgan fingerprint density at radius 2 is 2.50 bits per heavy atom. The van der Waals surface area contributed by atoms with E-state index in [1.165, 1.54) is 6.08 Å². The number of rotatable bonds is 5. The lowest BCUT2D eigenvalue weighted by molar-refractivity contribution is -0.131. The summed E-state index contributed by atoms with van der Waals surface area (Å²) in [5.74, 6) is -0.872. The second-order valence-electron chi connectivity index (χ2n) is 3.44. The molecule has 0 saturated carbocycles. The molecule has 1 rings (SSSR count). The van der Waals surface area contributed by atoms with Gasteiger partial charge >= 0.3 is 5.97 Å². The Morgan fingerprint density at radius 1 is 1.71 bits per heavy atom. The van der Waals surface area contributed by atoms with Crippen LogP contribution in [0.25, 0.3) is 0 Å². The molecule has 1 N–H and O–H groups in total. The molecule has 0 bridgehead atoms. The Hall–Kier alpha value is -0.870. The van der Waals surface area contributed by atoms with Gasteiger partial charge < -0.3 is 9.84 Å². The van der Waals surface area contributed by atoms with Crippen molar-refractivity contribution in [1.29, 1.82) is 0 Å². The van der Waals surface area contributed by atoms with Crippen molar-refractivity contribution in [3.8, 4) is 0 Å². The number of methoxy groups -OCH3 is 1. The summed E-state index contributed by atoms with van der Waals surface area (Å²) in [6.07, 6.45) is 5.19. The first-order valence-corrected chi connectivity index (χ1v) is 4.88. The first kappa shape index (κ1) is 11.2. The number of likely N-dealkylation sites (tertiary alicyclic amines) is 1. The summed E-state index contributed by atoms with van der Waals surface area (Å²) in [4.78, 5) is 12.6. The highest BCUT2D eigenvalue weighted by Crippen LogP contribution is 2.17. The van der Waals surface area contributed by atoms with Gasteiger partial charge in [-0.3, -0.25) is 4.90 Å². The lowest BCUT2D eigenvalue weighted by Crippen LogP contribution is -2.31. The van der Waals surface area contributed by atoms with E-state index >= 15 is 0 Å². The molecule has 4 heteroatoms. The van der Waals surface area contributed by atoms with E-state index in [0.717, 1.165) is 25.9 Å². The van der Waals surface area contributed by atoms with E-state index < -0.39 is 5.97 Å². The number of aliphatic carboxylic acids is 1. The zero-order valence-electron chi connectivity index (χ0n) is 8.48. The lowest BCUT2D eigenvalue weighted by atomic mass is 10.2. The maximum absolute atomic E-state index is 10.3. The van der Waals surface area contributed by atoms with Gasteiger partial charge in [-0.25, -0.2) is 4.79 Å². The fourth-order valence-electron chi connectivity index (χ4n) is 1.75. The molecule has 0 aliphatic carbocycles.